The number of carbonyl (C=O) groups excluding carboxylic acids is 1. The van der Waals surface area contributed by atoms with Gasteiger partial charge < -0.3 is 19.6 Å². The van der Waals surface area contributed by atoms with Gasteiger partial charge >= 0.3 is 6.01 Å². The fourth-order valence-electron chi connectivity index (χ4n) is 3.16. The van der Waals surface area contributed by atoms with Gasteiger partial charge in [-0.15, -0.1) is 0 Å². The van der Waals surface area contributed by atoms with Gasteiger partial charge in [-0.2, -0.15) is 4.98 Å². The normalized spacial score (nSPS) is 14.8. The average molecular weight is 396 g/mol. The van der Waals surface area contributed by atoms with Crippen molar-refractivity contribution in [3.05, 3.63) is 53.7 Å². The van der Waals surface area contributed by atoms with Crippen LogP contribution in [0.2, 0.25) is 0 Å². The Morgan fingerprint density at radius 1 is 1.28 bits per heavy atom. The second-order valence-electron chi connectivity index (χ2n) is 7.06. The first-order valence-electron chi connectivity index (χ1n) is 9.59. The van der Waals surface area contributed by atoms with Crippen LogP contribution >= 0.6 is 0 Å². The van der Waals surface area contributed by atoms with Crippen LogP contribution in [-0.4, -0.2) is 45.6 Å². The molecular weight excluding hydrogens is 372 g/mol. The highest BCUT2D eigenvalue weighted by Crippen LogP contribution is 2.39. The molecule has 3 aromatic heterocycles. The zero-order valence-corrected chi connectivity index (χ0v) is 16.2. The molecule has 0 saturated heterocycles. The Bertz CT molecular complexity index is 1000. The lowest BCUT2D eigenvalue weighted by molar-refractivity contribution is -0.120. The van der Waals surface area contributed by atoms with E-state index in [1.165, 1.54) is 24.6 Å². The molecule has 9 nitrogen and oxygen atoms in total. The maximum Gasteiger partial charge on any atom is 0.316 e. The highest BCUT2D eigenvalue weighted by molar-refractivity contribution is 5.80. The van der Waals surface area contributed by atoms with Crippen molar-refractivity contribution in [3.63, 3.8) is 0 Å². The summed E-state index contributed by atoms with van der Waals surface area (Å²) in [6.45, 7) is 1.11. The van der Waals surface area contributed by atoms with Crippen LogP contribution in [0, 0.1) is 0 Å². The van der Waals surface area contributed by atoms with E-state index >= 15 is 0 Å². The Hall–Kier alpha value is -3.04. The molecule has 0 aliphatic heterocycles. The number of hydrogen-bond acceptors (Lipinski definition) is 7. The van der Waals surface area contributed by atoms with Crippen LogP contribution < -0.4 is 15.8 Å². The minimum Gasteiger partial charge on any atom is -0.461 e. The standard InChI is InChI=1S/C20H24N6O3/c1-28-8-9-29-20-22-7-6-16(25-20)18(19(21)27)23-10-15-12-26-11-14(13-2-3-13)4-5-17(26)24-15/h4-7,11-13,18,23H,2-3,8-10H2,1H3,(H2,21,27). The third kappa shape index (κ3) is 4.69. The molecule has 9 heteroatoms. The monoisotopic (exact) mass is 396 g/mol. The van der Waals surface area contributed by atoms with E-state index in [1.807, 2.05) is 16.7 Å². The molecule has 1 aliphatic carbocycles. The summed E-state index contributed by atoms with van der Waals surface area (Å²) in [5, 5.41) is 3.14. The van der Waals surface area contributed by atoms with Crippen molar-refractivity contribution in [2.24, 2.45) is 5.73 Å². The van der Waals surface area contributed by atoms with Gasteiger partial charge in [-0.1, -0.05) is 6.07 Å². The molecule has 3 N–H and O–H groups in total. The van der Waals surface area contributed by atoms with Crippen LogP contribution in [0.15, 0.2) is 36.8 Å². The second-order valence-corrected chi connectivity index (χ2v) is 7.06. The number of nitrogens with two attached hydrogens (primary N) is 1. The summed E-state index contributed by atoms with van der Waals surface area (Å²) in [4.78, 5) is 24.9. The number of nitrogens with zero attached hydrogens (tertiary/aromatic N) is 4. The Labute approximate surface area is 168 Å². The zero-order chi connectivity index (χ0) is 20.2. The molecule has 4 rings (SSSR count). The maximum atomic E-state index is 12.0. The Morgan fingerprint density at radius 3 is 2.90 bits per heavy atom. The number of aromatic nitrogens is 4. The van der Waals surface area contributed by atoms with Crippen LogP contribution in [0.4, 0.5) is 0 Å². The van der Waals surface area contributed by atoms with Gasteiger partial charge in [0.15, 0.2) is 0 Å². The molecule has 1 unspecified atom stereocenters. The van der Waals surface area contributed by atoms with Crippen molar-refractivity contribution in [1.29, 1.82) is 0 Å². The van der Waals surface area contributed by atoms with E-state index in [2.05, 4.69) is 32.5 Å². The average Bonchev–Trinajstić information content (AvgIpc) is 3.48. The Kier molecular flexibility index (Phi) is 5.68. The van der Waals surface area contributed by atoms with Crippen molar-refractivity contribution >= 4 is 11.6 Å². The maximum absolute atomic E-state index is 12.0. The number of pyridine rings is 1. The van der Waals surface area contributed by atoms with Crippen molar-refractivity contribution in [3.8, 4) is 6.01 Å². The topological polar surface area (TPSA) is 117 Å². The second kappa shape index (κ2) is 8.54. The lowest BCUT2D eigenvalue weighted by Crippen LogP contribution is -2.34. The zero-order valence-electron chi connectivity index (χ0n) is 16.2. The largest absolute Gasteiger partial charge is 0.461 e. The minimum absolute atomic E-state index is 0.174. The number of hydrogen-bond donors (Lipinski definition) is 2. The number of primary amides is 1. The number of ether oxygens (including phenoxy) is 2. The first kappa shape index (κ1) is 19.3. The molecule has 1 aliphatic rings. The van der Waals surface area contributed by atoms with E-state index in [0.717, 1.165) is 11.3 Å². The lowest BCUT2D eigenvalue weighted by Gasteiger charge is -2.14. The van der Waals surface area contributed by atoms with E-state index in [4.69, 9.17) is 15.2 Å². The van der Waals surface area contributed by atoms with Crippen molar-refractivity contribution in [2.75, 3.05) is 20.3 Å². The van der Waals surface area contributed by atoms with Gasteiger partial charge in [-0.25, -0.2) is 9.97 Å². The van der Waals surface area contributed by atoms with Crippen LogP contribution in [0.3, 0.4) is 0 Å². The van der Waals surface area contributed by atoms with E-state index in [1.54, 1.807) is 13.2 Å². The van der Waals surface area contributed by atoms with Gasteiger partial charge in [0.2, 0.25) is 5.91 Å². The first-order chi connectivity index (χ1) is 14.1. The fraction of sp³-hybridized carbons (Fsp3) is 0.400. The molecule has 0 aromatic carbocycles. The van der Waals surface area contributed by atoms with Crippen LogP contribution in [0.5, 0.6) is 6.01 Å². The molecule has 0 radical (unpaired) electrons. The van der Waals surface area contributed by atoms with Crippen molar-refractivity contribution < 1.29 is 14.3 Å². The fourth-order valence-corrected chi connectivity index (χ4v) is 3.16. The van der Waals surface area contributed by atoms with Gasteiger partial charge in [0, 0.05) is 32.2 Å². The SMILES string of the molecule is COCCOc1nccc(C(NCc2cn3cc(C4CC4)ccc3n2)C(N)=O)n1. The number of imidazole rings is 1. The van der Waals surface area contributed by atoms with Gasteiger partial charge in [0.25, 0.3) is 0 Å². The van der Waals surface area contributed by atoms with Gasteiger partial charge in [0.05, 0.1) is 18.0 Å². The number of amides is 1. The van der Waals surface area contributed by atoms with Crippen LogP contribution in [0.25, 0.3) is 5.65 Å². The minimum atomic E-state index is -0.783. The van der Waals surface area contributed by atoms with Crippen molar-refractivity contribution in [1.82, 2.24) is 24.7 Å². The van der Waals surface area contributed by atoms with Crippen LogP contribution in [-0.2, 0) is 16.1 Å². The van der Waals surface area contributed by atoms with E-state index in [9.17, 15) is 4.79 Å². The third-order valence-corrected chi connectivity index (χ3v) is 4.81. The van der Waals surface area contributed by atoms with E-state index in [0.29, 0.717) is 31.4 Å². The third-order valence-electron chi connectivity index (χ3n) is 4.81. The number of nitrogens with one attached hydrogen (secondary N) is 1. The molecule has 0 spiro atoms. The Morgan fingerprint density at radius 2 is 2.14 bits per heavy atom. The first-order valence-corrected chi connectivity index (χ1v) is 9.59. The number of methoxy groups -OCH3 is 1. The summed E-state index contributed by atoms with van der Waals surface area (Å²) in [6, 6.07) is 5.19. The predicted octanol–water partition coefficient (Wildman–Crippen LogP) is 1.34. The predicted molar refractivity (Wildman–Crippen MR) is 105 cm³/mol. The number of carbonyl (C=O) groups is 1. The summed E-state index contributed by atoms with van der Waals surface area (Å²) in [7, 11) is 1.58. The van der Waals surface area contributed by atoms with Gasteiger partial charge in [0.1, 0.15) is 18.3 Å². The highest BCUT2D eigenvalue weighted by atomic mass is 16.5. The molecule has 1 amide bonds. The molecule has 152 valence electrons. The lowest BCUT2D eigenvalue weighted by atomic mass is 10.2. The number of fused-ring (bicyclic) bond motifs is 1. The quantitative estimate of drug-likeness (QED) is 0.497. The van der Waals surface area contributed by atoms with Gasteiger partial charge in [-0.05, 0) is 36.5 Å². The van der Waals surface area contributed by atoms with Crippen LogP contribution in [0.1, 0.15) is 41.8 Å². The summed E-state index contributed by atoms with van der Waals surface area (Å²) >= 11 is 0. The summed E-state index contributed by atoms with van der Waals surface area (Å²) in [5.74, 6) is 0.145. The Balaban J connectivity index is 1.45. The highest BCUT2D eigenvalue weighted by Gasteiger charge is 2.24. The smallest absolute Gasteiger partial charge is 0.316 e. The van der Waals surface area contributed by atoms with Crippen molar-refractivity contribution in [2.45, 2.75) is 31.3 Å². The molecule has 1 atom stereocenters. The number of rotatable bonds is 10. The molecule has 1 fully saturated rings. The molecular formula is C20H24N6O3. The van der Waals surface area contributed by atoms with E-state index < -0.39 is 11.9 Å². The summed E-state index contributed by atoms with van der Waals surface area (Å²) < 4.78 is 12.4. The summed E-state index contributed by atoms with van der Waals surface area (Å²) in [5.41, 5.74) is 9.06. The molecule has 29 heavy (non-hydrogen) atoms. The molecule has 0 bridgehead atoms. The summed E-state index contributed by atoms with van der Waals surface area (Å²) in [6.07, 6.45) is 8.14. The van der Waals surface area contributed by atoms with Gasteiger partial charge in [-0.3, -0.25) is 10.1 Å². The molecule has 3 aromatic rings. The molecule has 3 heterocycles. The molecule has 1 saturated carbocycles. The van der Waals surface area contributed by atoms with E-state index in [-0.39, 0.29) is 6.01 Å².